The summed E-state index contributed by atoms with van der Waals surface area (Å²) in [5, 5.41) is 0. The van der Waals surface area contributed by atoms with Crippen molar-refractivity contribution in [3.8, 4) is 0 Å². The molecule has 0 spiro atoms. The van der Waals surface area contributed by atoms with Gasteiger partial charge in [-0.15, -0.1) is 0 Å². The molecular weight excluding hydrogens is 168 g/mol. The molecule has 0 aromatic carbocycles. The van der Waals surface area contributed by atoms with Crippen LogP contribution in [0.4, 0.5) is 0 Å². The fraction of sp³-hybridized carbons (Fsp3) is 1.00. The molecule has 0 saturated heterocycles. The van der Waals surface area contributed by atoms with E-state index in [1.165, 1.54) is 32.1 Å². The zero-order valence-electron chi connectivity index (χ0n) is 10.3. The van der Waals surface area contributed by atoms with Gasteiger partial charge in [-0.2, -0.15) is 0 Å². The molecule has 82 valence electrons. The van der Waals surface area contributed by atoms with Crippen LogP contribution >= 0.6 is 0 Å². The van der Waals surface area contributed by atoms with Crippen molar-refractivity contribution >= 4 is 0 Å². The van der Waals surface area contributed by atoms with E-state index in [9.17, 15) is 0 Å². The Bertz CT molecular complexity index is 196. The van der Waals surface area contributed by atoms with Crippen LogP contribution in [-0.4, -0.2) is 0 Å². The molecule has 0 bridgehead atoms. The Hall–Kier alpha value is 0. The number of rotatable bonds is 3. The normalized spacial score (nSPS) is 52.3. The van der Waals surface area contributed by atoms with Gasteiger partial charge in [0.25, 0.3) is 0 Å². The van der Waals surface area contributed by atoms with Crippen molar-refractivity contribution in [3.63, 3.8) is 0 Å². The third-order valence-corrected chi connectivity index (χ3v) is 5.45. The Morgan fingerprint density at radius 1 is 1.07 bits per heavy atom. The maximum atomic E-state index is 2.55. The van der Waals surface area contributed by atoms with Crippen molar-refractivity contribution in [1.82, 2.24) is 0 Å². The van der Waals surface area contributed by atoms with Crippen LogP contribution in [0.3, 0.4) is 0 Å². The van der Waals surface area contributed by atoms with Gasteiger partial charge in [0.1, 0.15) is 0 Å². The zero-order chi connectivity index (χ0) is 10.3. The molecule has 0 heterocycles. The van der Waals surface area contributed by atoms with E-state index in [0.717, 1.165) is 29.1 Å². The molecule has 0 nitrogen and oxygen atoms in total. The van der Waals surface area contributed by atoms with Gasteiger partial charge >= 0.3 is 0 Å². The SMILES string of the molecule is CCC1CCC(CC)C1C1(C)CC1C. The fourth-order valence-electron chi connectivity index (χ4n) is 4.23. The lowest BCUT2D eigenvalue weighted by Gasteiger charge is -2.31. The molecular formula is C14H26. The van der Waals surface area contributed by atoms with Gasteiger partial charge in [0.05, 0.1) is 0 Å². The molecule has 2 aliphatic rings. The minimum Gasteiger partial charge on any atom is -0.0651 e. The molecule has 0 radical (unpaired) electrons. The summed E-state index contributed by atoms with van der Waals surface area (Å²) in [5.41, 5.74) is 0.734. The summed E-state index contributed by atoms with van der Waals surface area (Å²) in [6.07, 6.45) is 7.38. The Labute approximate surface area is 89.5 Å². The summed E-state index contributed by atoms with van der Waals surface area (Å²) < 4.78 is 0. The Balaban J connectivity index is 2.12. The van der Waals surface area contributed by atoms with Crippen LogP contribution in [-0.2, 0) is 0 Å². The first-order valence-corrected chi connectivity index (χ1v) is 6.63. The van der Waals surface area contributed by atoms with E-state index >= 15 is 0 Å². The maximum Gasteiger partial charge on any atom is -0.0264 e. The minimum absolute atomic E-state index is 0.734. The van der Waals surface area contributed by atoms with Gasteiger partial charge < -0.3 is 0 Å². The Kier molecular flexibility index (Phi) is 2.66. The van der Waals surface area contributed by atoms with Gasteiger partial charge in [-0.1, -0.05) is 40.5 Å². The summed E-state index contributed by atoms with van der Waals surface area (Å²) in [6.45, 7) is 9.80. The predicted molar refractivity (Wildman–Crippen MR) is 62.2 cm³/mol. The molecule has 0 aliphatic heterocycles. The Morgan fingerprint density at radius 2 is 1.50 bits per heavy atom. The summed E-state index contributed by atoms with van der Waals surface area (Å²) in [6, 6.07) is 0. The zero-order valence-corrected chi connectivity index (χ0v) is 10.3. The van der Waals surface area contributed by atoms with Crippen LogP contribution < -0.4 is 0 Å². The highest BCUT2D eigenvalue weighted by molar-refractivity contribution is 5.06. The van der Waals surface area contributed by atoms with E-state index < -0.39 is 0 Å². The first kappa shape index (κ1) is 10.5. The Morgan fingerprint density at radius 3 is 1.79 bits per heavy atom. The highest BCUT2D eigenvalue weighted by atomic mass is 14.6. The van der Waals surface area contributed by atoms with E-state index in [1.807, 2.05) is 0 Å². The molecule has 2 aliphatic carbocycles. The largest absolute Gasteiger partial charge is 0.0651 e. The molecule has 0 aromatic heterocycles. The van der Waals surface area contributed by atoms with Gasteiger partial charge in [0.15, 0.2) is 0 Å². The monoisotopic (exact) mass is 194 g/mol. The van der Waals surface area contributed by atoms with Crippen molar-refractivity contribution in [2.75, 3.05) is 0 Å². The lowest BCUT2D eigenvalue weighted by molar-refractivity contribution is 0.177. The van der Waals surface area contributed by atoms with Gasteiger partial charge in [-0.25, -0.2) is 0 Å². The molecule has 4 atom stereocenters. The summed E-state index contributed by atoms with van der Waals surface area (Å²) >= 11 is 0. The van der Waals surface area contributed by atoms with E-state index in [2.05, 4.69) is 27.7 Å². The second kappa shape index (κ2) is 3.54. The fourth-order valence-corrected chi connectivity index (χ4v) is 4.23. The quantitative estimate of drug-likeness (QED) is 0.621. The average molecular weight is 194 g/mol. The maximum absolute atomic E-state index is 2.55. The lowest BCUT2D eigenvalue weighted by atomic mass is 9.74. The second-order valence-electron chi connectivity index (χ2n) is 6.05. The molecule has 0 aromatic rings. The van der Waals surface area contributed by atoms with Crippen LogP contribution in [0.25, 0.3) is 0 Å². The minimum atomic E-state index is 0.734. The standard InChI is InChI=1S/C14H26/c1-5-11-7-8-12(6-2)13(11)14(4)9-10(14)3/h10-13H,5-9H2,1-4H3. The third-order valence-electron chi connectivity index (χ3n) is 5.45. The molecule has 0 heteroatoms. The van der Waals surface area contributed by atoms with E-state index in [-0.39, 0.29) is 0 Å². The molecule has 0 amide bonds. The molecule has 0 N–H and O–H groups in total. The van der Waals surface area contributed by atoms with Crippen molar-refractivity contribution in [2.45, 2.75) is 59.8 Å². The molecule has 2 saturated carbocycles. The number of hydrogen-bond acceptors (Lipinski definition) is 0. The summed E-state index contributed by atoms with van der Waals surface area (Å²) in [4.78, 5) is 0. The molecule has 4 unspecified atom stereocenters. The molecule has 14 heavy (non-hydrogen) atoms. The van der Waals surface area contributed by atoms with Crippen molar-refractivity contribution in [1.29, 1.82) is 0 Å². The number of hydrogen-bond donors (Lipinski definition) is 0. The van der Waals surface area contributed by atoms with Crippen molar-refractivity contribution < 1.29 is 0 Å². The summed E-state index contributed by atoms with van der Waals surface area (Å²) in [5.74, 6) is 4.17. The van der Waals surface area contributed by atoms with Gasteiger partial charge in [0, 0.05) is 0 Å². The smallest absolute Gasteiger partial charge is 0.0264 e. The highest BCUT2D eigenvalue weighted by Gasteiger charge is 2.57. The topological polar surface area (TPSA) is 0 Å². The van der Waals surface area contributed by atoms with Crippen LogP contribution in [0.2, 0.25) is 0 Å². The summed E-state index contributed by atoms with van der Waals surface area (Å²) in [7, 11) is 0. The van der Waals surface area contributed by atoms with Gasteiger partial charge in [-0.3, -0.25) is 0 Å². The van der Waals surface area contributed by atoms with E-state index in [1.54, 1.807) is 0 Å². The van der Waals surface area contributed by atoms with Crippen LogP contribution in [0.15, 0.2) is 0 Å². The highest BCUT2D eigenvalue weighted by Crippen LogP contribution is 2.65. The van der Waals surface area contributed by atoms with Gasteiger partial charge in [0.2, 0.25) is 0 Å². The van der Waals surface area contributed by atoms with Crippen LogP contribution in [0.5, 0.6) is 0 Å². The predicted octanol–water partition coefficient (Wildman–Crippen LogP) is 4.49. The first-order chi connectivity index (χ1) is 6.63. The van der Waals surface area contributed by atoms with E-state index in [4.69, 9.17) is 0 Å². The van der Waals surface area contributed by atoms with Crippen molar-refractivity contribution in [3.05, 3.63) is 0 Å². The average Bonchev–Trinajstić information content (AvgIpc) is 2.67. The third kappa shape index (κ3) is 1.42. The molecule has 2 fully saturated rings. The van der Waals surface area contributed by atoms with Gasteiger partial charge in [-0.05, 0) is 48.3 Å². The van der Waals surface area contributed by atoms with Crippen LogP contribution in [0.1, 0.15) is 59.8 Å². The van der Waals surface area contributed by atoms with Crippen molar-refractivity contribution in [2.24, 2.45) is 29.1 Å². The molecule has 2 rings (SSSR count). The first-order valence-electron chi connectivity index (χ1n) is 6.63. The van der Waals surface area contributed by atoms with Crippen LogP contribution in [0, 0.1) is 29.1 Å². The lowest BCUT2D eigenvalue weighted by Crippen LogP contribution is -2.24. The second-order valence-corrected chi connectivity index (χ2v) is 6.05. The van der Waals surface area contributed by atoms with E-state index in [0.29, 0.717) is 0 Å².